The van der Waals surface area contributed by atoms with Crippen molar-refractivity contribution < 1.29 is 4.39 Å². The van der Waals surface area contributed by atoms with Crippen molar-refractivity contribution in [1.29, 1.82) is 0 Å². The monoisotopic (exact) mass is 399 g/mol. The lowest BCUT2D eigenvalue weighted by Gasteiger charge is -2.15. The maximum atomic E-state index is 13.8. The van der Waals surface area contributed by atoms with Gasteiger partial charge in [-0.25, -0.2) is 14.4 Å². The second-order valence-electron chi connectivity index (χ2n) is 6.88. The van der Waals surface area contributed by atoms with Crippen molar-refractivity contribution in [2.75, 3.05) is 11.1 Å². The van der Waals surface area contributed by atoms with Crippen LogP contribution in [0.5, 0.6) is 0 Å². The van der Waals surface area contributed by atoms with E-state index in [1.165, 1.54) is 12.1 Å². The van der Waals surface area contributed by atoms with E-state index in [1.54, 1.807) is 12.3 Å². The topological polar surface area (TPSA) is 76.7 Å². The number of anilines is 2. The Bertz CT molecular complexity index is 963. The van der Waals surface area contributed by atoms with Crippen molar-refractivity contribution in [2.24, 2.45) is 0 Å². The first-order valence-corrected chi connectivity index (χ1v) is 9.55. The molecule has 2 aromatic heterocycles. The van der Waals surface area contributed by atoms with E-state index in [0.29, 0.717) is 22.8 Å². The van der Waals surface area contributed by atoms with Crippen LogP contribution in [-0.4, -0.2) is 21.0 Å². The lowest BCUT2D eigenvalue weighted by molar-refractivity contribution is 0.628. The van der Waals surface area contributed by atoms with Crippen LogP contribution < -0.4 is 11.1 Å². The van der Waals surface area contributed by atoms with Crippen molar-refractivity contribution in [3.63, 3.8) is 0 Å². The van der Waals surface area contributed by atoms with Crippen LogP contribution in [0.3, 0.4) is 0 Å². The predicted octanol–water partition coefficient (Wildman–Crippen LogP) is 5.05. The zero-order valence-electron chi connectivity index (χ0n) is 15.9. The molecule has 0 unspecified atom stereocenters. The number of aryl methyl sites for hydroxylation is 2. The highest BCUT2D eigenvalue weighted by Crippen LogP contribution is 2.25. The van der Waals surface area contributed by atoms with E-state index in [1.807, 2.05) is 25.3 Å². The Morgan fingerprint density at radius 3 is 2.75 bits per heavy atom. The van der Waals surface area contributed by atoms with Gasteiger partial charge in [0.2, 0.25) is 0 Å². The summed E-state index contributed by atoms with van der Waals surface area (Å²) < 4.78 is 13.8. The SMILES string of the molecule is Cc1nc(N[C@@H](C)CCCc2cncc(N)c2)cc(-c2ccc(Cl)c(F)c2)n1. The lowest BCUT2D eigenvalue weighted by atomic mass is 10.1. The Balaban J connectivity index is 1.63. The number of rotatable bonds is 7. The normalized spacial score (nSPS) is 12.0. The molecule has 0 aliphatic carbocycles. The Labute approximate surface area is 169 Å². The Morgan fingerprint density at radius 1 is 1.18 bits per heavy atom. The first kappa shape index (κ1) is 20.0. The second-order valence-corrected chi connectivity index (χ2v) is 7.29. The number of nitrogens with zero attached hydrogens (tertiary/aromatic N) is 3. The molecule has 28 heavy (non-hydrogen) atoms. The van der Waals surface area contributed by atoms with Gasteiger partial charge < -0.3 is 11.1 Å². The number of benzene rings is 1. The molecule has 0 aliphatic rings. The largest absolute Gasteiger partial charge is 0.397 e. The molecule has 1 aromatic carbocycles. The van der Waals surface area contributed by atoms with E-state index in [2.05, 4.69) is 27.2 Å². The molecular formula is C21H23ClFN5. The maximum absolute atomic E-state index is 13.8. The first-order valence-electron chi connectivity index (χ1n) is 9.18. The highest BCUT2D eigenvalue weighted by atomic mass is 35.5. The third kappa shape index (κ3) is 5.39. The van der Waals surface area contributed by atoms with E-state index in [4.69, 9.17) is 17.3 Å². The van der Waals surface area contributed by atoms with Gasteiger partial charge in [0.15, 0.2) is 0 Å². The molecule has 7 heteroatoms. The number of hydrogen-bond acceptors (Lipinski definition) is 5. The summed E-state index contributed by atoms with van der Waals surface area (Å²) in [7, 11) is 0. The molecule has 0 aliphatic heterocycles. The molecule has 5 nitrogen and oxygen atoms in total. The Morgan fingerprint density at radius 2 is 2.00 bits per heavy atom. The fourth-order valence-corrected chi connectivity index (χ4v) is 3.14. The van der Waals surface area contributed by atoms with Crippen LogP contribution in [0.4, 0.5) is 15.9 Å². The van der Waals surface area contributed by atoms with Crippen molar-refractivity contribution in [3.05, 3.63) is 65.0 Å². The zero-order chi connectivity index (χ0) is 20.1. The average Bonchev–Trinajstić information content (AvgIpc) is 2.63. The van der Waals surface area contributed by atoms with E-state index in [-0.39, 0.29) is 11.1 Å². The third-order valence-corrected chi connectivity index (χ3v) is 4.67. The van der Waals surface area contributed by atoms with E-state index < -0.39 is 5.82 Å². The fraction of sp³-hybridized carbons (Fsp3) is 0.286. The summed E-state index contributed by atoms with van der Waals surface area (Å²) in [5.74, 6) is 0.874. The summed E-state index contributed by atoms with van der Waals surface area (Å²) in [6.07, 6.45) is 6.37. The molecular weight excluding hydrogens is 377 g/mol. The number of nitrogen functional groups attached to an aromatic ring is 1. The van der Waals surface area contributed by atoms with Crippen molar-refractivity contribution in [2.45, 2.75) is 39.2 Å². The van der Waals surface area contributed by atoms with Crippen molar-refractivity contribution >= 4 is 23.1 Å². The highest BCUT2D eigenvalue weighted by Gasteiger charge is 2.10. The number of nitrogens with two attached hydrogens (primary N) is 1. The Kier molecular flexibility index (Phi) is 6.41. The summed E-state index contributed by atoms with van der Waals surface area (Å²) in [5, 5.41) is 3.50. The number of pyridine rings is 1. The van der Waals surface area contributed by atoms with Crippen LogP contribution in [0.1, 0.15) is 31.2 Å². The first-order chi connectivity index (χ1) is 13.4. The summed E-state index contributed by atoms with van der Waals surface area (Å²) in [4.78, 5) is 13.0. The lowest BCUT2D eigenvalue weighted by Crippen LogP contribution is -2.17. The zero-order valence-corrected chi connectivity index (χ0v) is 16.7. The Hall–Kier alpha value is -2.73. The van der Waals surface area contributed by atoms with Gasteiger partial charge in [-0.3, -0.25) is 4.98 Å². The fourth-order valence-electron chi connectivity index (χ4n) is 3.03. The van der Waals surface area contributed by atoms with Gasteiger partial charge in [-0.05, 0) is 56.9 Å². The molecule has 0 bridgehead atoms. The number of nitrogens with one attached hydrogen (secondary N) is 1. The highest BCUT2D eigenvalue weighted by molar-refractivity contribution is 6.30. The van der Waals surface area contributed by atoms with Gasteiger partial charge in [0, 0.05) is 30.1 Å². The minimum Gasteiger partial charge on any atom is -0.397 e. The van der Waals surface area contributed by atoms with Gasteiger partial charge in [-0.15, -0.1) is 0 Å². The molecule has 3 aromatic rings. The molecule has 0 saturated heterocycles. The van der Waals surface area contributed by atoms with Crippen LogP contribution in [0.2, 0.25) is 5.02 Å². The van der Waals surface area contributed by atoms with Gasteiger partial charge in [-0.1, -0.05) is 17.7 Å². The van der Waals surface area contributed by atoms with Crippen LogP contribution in [-0.2, 0) is 6.42 Å². The molecule has 0 spiro atoms. The molecule has 0 radical (unpaired) electrons. The number of aromatic nitrogens is 3. The molecule has 3 rings (SSSR count). The quantitative estimate of drug-likeness (QED) is 0.581. The third-order valence-electron chi connectivity index (χ3n) is 4.37. The minimum absolute atomic E-state index is 0.0943. The van der Waals surface area contributed by atoms with Crippen LogP contribution >= 0.6 is 11.6 Å². The van der Waals surface area contributed by atoms with Gasteiger partial charge in [0.05, 0.1) is 16.4 Å². The van der Waals surface area contributed by atoms with Gasteiger partial charge in [0.25, 0.3) is 0 Å². The van der Waals surface area contributed by atoms with E-state index >= 15 is 0 Å². The van der Waals surface area contributed by atoms with Crippen LogP contribution in [0.15, 0.2) is 42.7 Å². The molecule has 0 amide bonds. The average molecular weight is 400 g/mol. The molecule has 0 saturated carbocycles. The summed E-state index contributed by atoms with van der Waals surface area (Å²) >= 11 is 5.77. The summed E-state index contributed by atoms with van der Waals surface area (Å²) in [5.41, 5.74) is 8.91. The molecule has 3 N–H and O–H groups in total. The molecule has 1 atom stereocenters. The minimum atomic E-state index is -0.464. The van der Waals surface area contributed by atoms with Crippen molar-refractivity contribution in [3.8, 4) is 11.3 Å². The standard InChI is InChI=1S/C21H23ClFN5/c1-13(4-3-5-15-8-17(24)12-25-11-15)26-21-10-20(27-14(2)28-21)16-6-7-18(22)19(23)9-16/h6-13H,3-5,24H2,1-2H3,(H,26,27,28)/t13-/m0/s1. The smallest absolute Gasteiger partial charge is 0.142 e. The predicted molar refractivity (Wildman–Crippen MR) is 112 cm³/mol. The van der Waals surface area contributed by atoms with Crippen molar-refractivity contribution in [1.82, 2.24) is 15.0 Å². The van der Waals surface area contributed by atoms with Crippen LogP contribution in [0, 0.1) is 12.7 Å². The van der Waals surface area contributed by atoms with E-state index in [0.717, 1.165) is 30.6 Å². The molecule has 2 heterocycles. The number of hydrogen-bond donors (Lipinski definition) is 2. The van der Waals surface area contributed by atoms with E-state index in [9.17, 15) is 4.39 Å². The number of halogens is 2. The summed E-state index contributed by atoms with van der Waals surface area (Å²) in [6, 6.07) is 8.67. The van der Waals surface area contributed by atoms with Gasteiger partial charge >= 0.3 is 0 Å². The second kappa shape index (κ2) is 8.97. The van der Waals surface area contributed by atoms with Gasteiger partial charge in [-0.2, -0.15) is 0 Å². The van der Waals surface area contributed by atoms with Crippen LogP contribution in [0.25, 0.3) is 11.3 Å². The maximum Gasteiger partial charge on any atom is 0.142 e. The molecule has 146 valence electrons. The molecule has 0 fully saturated rings. The summed E-state index contributed by atoms with van der Waals surface area (Å²) in [6.45, 7) is 3.93. The van der Waals surface area contributed by atoms with Gasteiger partial charge in [0.1, 0.15) is 17.5 Å².